The number of nitrogens with two attached hydrogens (primary N) is 1. The molecular formula is C14H22N2O. The minimum atomic E-state index is 0.404. The van der Waals surface area contributed by atoms with Gasteiger partial charge in [-0.1, -0.05) is 31.2 Å². The van der Waals surface area contributed by atoms with Crippen molar-refractivity contribution in [3.63, 3.8) is 0 Å². The number of hydrogen-bond donors (Lipinski definition) is 1. The molecule has 1 fully saturated rings. The highest BCUT2D eigenvalue weighted by Crippen LogP contribution is 2.13. The zero-order valence-corrected chi connectivity index (χ0v) is 10.6. The van der Waals surface area contributed by atoms with Crippen molar-refractivity contribution in [3.05, 3.63) is 35.4 Å². The van der Waals surface area contributed by atoms with Crippen molar-refractivity contribution in [3.8, 4) is 0 Å². The molecule has 0 bridgehead atoms. The van der Waals surface area contributed by atoms with E-state index in [0.717, 1.165) is 32.7 Å². The molecule has 17 heavy (non-hydrogen) atoms. The first-order valence-electron chi connectivity index (χ1n) is 6.43. The Labute approximate surface area is 104 Å². The number of morpholine rings is 1. The highest BCUT2D eigenvalue weighted by atomic mass is 16.5. The van der Waals surface area contributed by atoms with E-state index in [0.29, 0.717) is 12.6 Å². The molecule has 0 amide bonds. The van der Waals surface area contributed by atoms with Crippen molar-refractivity contribution in [2.45, 2.75) is 32.5 Å². The van der Waals surface area contributed by atoms with Crippen LogP contribution in [0.25, 0.3) is 0 Å². The lowest BCUT2D eigenvalue weighted by molar-refractivity contribution is -0.0324. The number of nitrogens with zero attached hydrogens (tertiary/aromatic N) is 1. The van der Waals surface area contributed by atoms with E-state index in [2.05, 4.69) is 36.1 Å². The first-order chi connectivity index (χ1) is 8.31. The van der Waals surface area contributed by atoms with Gasteiger partial charge >= 0.3 is 0 Å². The molecule has 2 rings (SSSR count). The number of rotatable bonds is 4. The van der Waals surface area contributed by atoms with E-state index >= 15 is 0 Å². The molecule has 2 N–H and O–H groups in total. The van der Waals surface area contributed by atoms with Gasteiger partial charge in [0, 0.05) is 26.2 Å². The zero-order valence-electron chi connectivity index (χ0n) is 10.6. The Bertz CT molecular complexity index is 354. The SMILES string of the molecule is CCC1CN(Cc2cccc(CN)c2)CCO1. The summed E-state index contributed by atoms with van der Waals surface area (Å²) in [6.45, 7) is 6.74. The van der Waals surface area contributed by atoms with Crippen LogP contribution in [0.15, 0.2) is 24.3 Å². The van der Waals surface area contributed by atoms with Gasteiger partial charge in [0.25, 0.3) is 0 Å². The van der Waals surface area contributed by atoms with Crippen LogP contribution in [-0.2, 0) is 17.8 Å². The summed E-state index contributed by atoms with van der Waals surface area (Å²) in [5.41, 5.74) is 8.22. The highest BCUT2D eigenvalue weighted by Gasteiger charge is 2.18. The predicted octanol–water partition coefficient (Wildman–Crippen LogP) is 1.76. The van der Waals surface area contributed by atoms with E-state index in [9.17, 15) is 0 Å². The second kappa shape index (κ2) is 6.15. The number of benzene rings is 1. The number of hydrogen-bond acceptors (Lipinski definition) is 3. The van der Waals surface area contributed by atoms with Crippen molar-refractivity contribution in [1.82, 2.24) is 4.90 Å². The Morgan fingerprint density at radius 3 is 3.00 bits per heavy atom. The van der Waals surface area contributed by atoms with Crippen LogP contribution in [-0.4, -0.2) is 30.7 Å². The van der Waals surface area contributed by atoms with E-state index in [1.807, 2.05) is 0 Å². The minimum absolute atomic E-state index is 0.404. The lowest BCUT2D eigenvalue weighted by atomic mass is 10.1. The van der Waals surface area contributed by atoms with E-state index in [1.54, 1.807) is 0 Å². The van der Waals surface area contributed by atoms with Gasteiger partial charge in [-0.2, -0.15) is 0 Å². The van der Waals surface area contributed by atoms with Gasteiger partial charge in [-0.25, -0.2) is 0 Å². The second-order valence-electron chi connectivity index (χ2n) is 4.66. The smallest absolute Gasteiger partial charge is 0.0700 e. The third-order valence-electron chi connectivity index (χ3n) is 3.31. The van der Waals surface area contributed by atoms with Crippen LogP contribution in [0.3, 0.4) is 0 Å². The largest absolute Gasteiger partial charge is 0.376 e. The maximum Gasteiger partial charge on any atom is 0.0700 e. The van der Waals surface area contributed by atoms with E-state index in [-0.39, 0.29) is 0 Å². The molecular weight excluding hydrogens is 212 g/mol. The average molecular weight is 234 g/mol. The fourth-order valence-electron chi connectivity index (χ4n) is 2.28. The van der Waals surface area contributed by atoms with Crippen molar-refractivity contribution < 1.29 is 4.74 Å². The molecule has 1 atom stereocenters. The highest BCUT2D eigenvalue weighted by molar-refractivity contribution is 5.23. The van der Waals surface area contributed by atoms with Crippen LogP contribution in [0.2, 0.25) is 0 Å². The van der Waals surface area contributed by atoms with Crippen LogP contribution in [0, 0.1) is 0 Å². The monoisotopic (exact) mass is 234 g/mol. The Hall–Kier alpha value is -0.900. The Morgan fingerprint density at radius 1 is 1.41 bits per heavy atom. The molecule has 0 saturated carbocycles. The van der Waals surface area contributed by atoms with Crippen molar-refractivity contribution in [1.29, 1.82) is 0 Å². The molecule has 94 valence electrons. The molecule has 1 aliphatic heterocycles. The van der Waals surface area contributed by atoms with Crippen molar-refractivity contribution in [2.24, 2.45) is 5.73 Å². The normalized spacial score (nSPS) is 21.6. The summed E-state index contributed by atoms with van der Waals surface area (Å²) in [4.78, 5) is 2.47. The summed E-state index contributed by atoms with van der Waals surface area (Å²) in [5, 5.41) is 0. The second-order valence-corrected chi connectivity index (χ2v) is 4.66. The predicted molar refractivity (Wildman–Crippen MR) is 69.6 cm³/mol. The molecule has 0 aliphatic carbocycles. The Morgan fingerprint density at radius 2 is 2.24 bits per heavy atom. The van der Waals surface area contributed by atoms with E-state index in [4.69, 9.17) is 10.5 Å². The third-order valence-corrected chi connectivity index (χ3v) is 3.31. The lowest BCUT2D eigenvalue weighted by Crippen LogP contribution is -2.41. The quantitative estimate of drug-likeness (QED) is 0.862. The van der Waals surface area contributed by atoms with Crippen molar-refractivity contribution >= 4 is 0 Å². The maximum atomic E-state index is 5.68. The van der Waals surface area contributed by atoms with Gasteiger partial charge < -0.3 is 10.5 Å². The van der Waals surface area contributed by atoms with Gasteiger partial charge in [0.05, 0.1) is 12.7 Å². The minimum Gasteiger partial charge on any atom is -0.376 e. The van der Waals surface area contributed by atoms with Gasteiger partial charge in [-0.05, 0) is 17.5 Å². The molecule has 1 aliphatic rings. The number of ether oxygens (including phenoxy) is 1. The Kier molecular flexibility index (Phi) is 4.54. The Balaban J connectivity index is 1.95. The first kappa shape index (κ1) is 12.6. The van der Waals surface area contributed by atoms with Gasteiger partial charge in [0.15, 0.2) is 0 Å². The lowest BCUT2D eigenvalue weighted by Gasteiger charge is -2.32. The molecule has 1 aromatic rings. The van der Waals surface area contributed by atoms with Crippen LogP contribution < -0.4 is 5.73 Å². The fourth-order valence-corrected chi connectivity index (χ4v) is 2.28. The maximum absolute atomic E-state index is 5.68. The molecule has 1 unspecified atom stereocenters. The summed E-state index contributed by atoms with van der Waals surface area (Å²) >= 11 is 0. The standard InChI is InChI=1S/C14H22N2O/c1-2-14-11-16(6-7-17-14)10-13-5-3-4-12(8-13)9-15/h3-5,8,14H,2,6-7,9-11,15H2,1H3. The first-order valence-corrected chi connectivity index (χ1v) is 6.43. The molecule has 3 nitrogen and oxygen atoms in total. The molecule has 0 aromatic heterocycles. The third kappa shape index (κ3) is 3.53. The van der Waals surface area contributed by atoms with Crippen LogP contribution in [0.1, 0.15) is 24.5 Å². The summed E-state index contributed by atoms with van der Waals surface area (Å²) in [6, 6.07) is 8.55. The van der Waals surface area contributed by atoms with Crippen LogP contribution >= 0.6 is 0 Å². The van der Waals surface area contributed by atoms with E-state index in [1.165, 1.54) is 11.1 Å². The van der Waals surface area contributed by atoms with Crippen LogP contribution in [0.4, 0.5) is 0 Å². The van der Waals surface area contributed by atoms with E-state index < -0.39 is 0 Å². The molecule has 1 aromatic carbocycles. The molecule has 1 saturated heterocycles. The average Bonchev–Trinajstić information content (AvgIpc) is 2.39. The molecule has 0 spiro atoms. The molecule has 1 heterocycles. The van der Waals surface area contributed by atoms with Gasteiger partial charge in [-0.15, -0.1) is 0 Å². The summed E-state index contributed by atoms with van der Waals surface area (Å²) in [6.07, 6.45) is 1.50. The van der Waals surface area contributed by atoms with Crippen LogP contribution in [0.5, 0.6) is 0 Å². The fraction of sp³-hybridized carbons (Fsp3) is 0.571. The molecule has 0 radical (unpaired) electrons. The topological polar surface area (TPSA) is 38.5 Å². The van der Waals surface area contributed by atoms with Gasteiger partial charge in [0.1, 0.15) is 0 Å². The van der Waals surface area contributed by atoms with Gasteiger partial charge in [-0.3, -0.25) is 4.90 Å². The molecule has 3 heteroatoms. The zero-order chi connectivity index (χ0) is 12.1. The summed E-state index contributed by atoms with van der Waals surface area (Å²) < 4.78 is 5.68. The summed E-state index contributed by atoms with van der Waals surface area (Å²) in [7, 11) is 0. The summed E-state index contributed by atoms with van der Waals surface area (Å²) in [5.74, 6) is 0. The van der Waals surface area contributed by atoms with Gasteiger partial charge in [0.2, 0.25) is 0 Å². The van der Waals surface area contributed by atoms with Crippen molar-refractivity contribution in [2.75, 3.05) is 19.7 Å².